The first kappa shape index (κ1) is 13.8. The summed E-state index contributed by atoms with van der Waals surface area (Å²) in [5.41, 5.74) is 8.55. The molecule has 3 rings (SSSR count). The van der Waals surface area contributed by atoms with E-state index in [1.807, 2.05) is 36.7 Å². The van der Waals surface area contributed by atoms with Crippen LogP contribution in [-0.2, 0) is 5.41 Å². The largest absolute Gasteiger partial charge is 0.399 e. The smallest absolute Gasteiger partial charge is 0.230 e. The van der Waals surface area contributed by atoms with Gasteiger partial charge in [-0.3, -0.25) is 0 Å². The van der Waals surface area contributed by atoms with Crippen LogP contribution in [0.4, 0.5) is 5.69 Å². The molecule has 21 heavy (non-hydrogen) atoms. The minimum absolute atomic E-state index is 0.0569. The third kappa shape index (κ3) is 2.80. The Morgan fingerprint density at radius 1 is 1.19 bits per heavy atom. The van der Waals surface area contributed by atoms with Gasteiger partial charge in [-0.25, -0.2) is 9.67 Å². The van der Waals surface area contributed by atoms with Gasteiger partial charge in [-0.05, 0) is 17.7 Å². The fourth-order valence-electron chi connectivity index (χ4n) is 1.91. The van der Waals surface area contributed by atoms with Gasteiger partial charge in [0, 0.05) is 34.4 Å². The van der Waals surface area contributed by atoms with Crippen LogP contribution in [0.2, 0.25) is 0 Å². The predicted octanol–water partition coefficient (Wildman–Crippen LogP) is 3.27. The molecule has 0 fully saturated rings. The van der Waals surface area contributed by atoms with E-state index in [1.54, 1.807) is 4.68 Å². The van der Waals surface area contributed by atoms with Crippen LogP contribution >= 0.6 is 11.5 Å². The topological polar surface area (TPSA) is 69.6 Å². The molecule has 0 spiro atoms. The fraction of sp³-hybridized carbons (Fsp3) is 0.267. The van der Waals surface area contributed by atoms with E-state index in [9.17, 15) is 0 Å². The van der Waals surface area contributed by atoms with E-state index in [4.69, 9.17) is 5.73 Å². The molecule has 5 nitrogen and oxygen atoms in total. The van der Waals surface area contributed by atoms with Gasteiger partial charge >= 0.3 is 0 Å². The highest BCUT2D eigenvalue weighted by Gasteiger charge is 2.20. The van der Waals surface area contributed by atoms with Gasteiger partial charge in [-0.2, -0.15) is 9.47 Å². The molecule has 0 radical (unpaired) electrons. The second-order valence-corrected chi connectivity index (χ2v) is 6.68. The lowest BCUT2D eigenvalue weighted by Crippen LogP contribution is -2.13. The molecular weight excluding hydrogens is 282 g/mol. The average molecular weight is 299 g/mol. The summed E-state index contributed by atoms with van der Waals surface area (Å²) >= 11 is 1.36. The molecule has 0 aliphatic rings. The van der Waals surface area contributed by atoms with Crippen LogP contribution in [0.25, 0.3) is 16.3 Å². The Kier molecular flexibility index (Phi) is 3.25. The number of nitrogens with two attached hydrogens (primary N) is 1. The molecule has 0 bridgehead atoms. The number of hydrogen-bond donors (Lipinski definition) is 1. The average Bonchev–Trinajstić information content (AvgIpc) is 3.07. The fourth-order valence-corrected chi connectivity index (χ4v) is 2.70. The van der Waals surface area contributed by atoms with Crippen LogP contribution in [0, 0.1) is 0 Å². The second-order valence-electron chi connectivity index (χ2n) is 5.95. The van der Waals surface area contributed by atoms with Crippen molar-refractivity contribution < 1.29 is 0 Å². The van der Waals surface area contributed by atoms with Gasteiger partial charge in [0.2, 0.25) is 5.13 Å². The molecule has 2 heterocycles. The quantitative estimate of drug-likeness (QED) is 0.737. The molecule has 6 heteroatoms. The lowest BCUT2D eigenvalue weighted by atomic mass is 9.96. The minimum Gasteiger partial charge on any atom is -0.399 e. The Labute approximate surface area is 127 Å². The zero-order valence-electron chi connectivity index (χ0n) is 12.2. The molecule has 108 valence electrons. The van der Waals surface area contributed by atoms with E-state index in [1.165, 1.54) is 11.5 Å². The van der Waals surface area contributed by atoms with Crippen molar-refractivity contribution >= 4 is 17.2 Å². The molecule has 2 N–H and O–H groups in total. The van der Waals surface area contributed by atoms with Crippen LogP contribution in [0.3, 0.4) is 0 Å². The van der Waals surface area contributed by atoms with Crippen LogP contribution in [0.1, 0.15) is 26.6 Å². The summed E-state index contributed by atoms with van der Waals surface area (Å²) in [6, 6.07) is 7.75. The highest BCUT2D eigenvalue weighted by molar-refractivity contribution is 7.08. The number of rotatable bonds is 2. The number of aromatic nitrogens is 4. The number of nitrogen functional groups attached to an aromatic ring is 1. The summed E-state index contributed by atoms with van der Waals surface area (Å²) in [5.74, 6) is 0.837. The van der Waals surface area contributed by atoms with Crippen LogP contribution in [0.5, 0.6) is 0 Å². The number of hydrogen-bond acceptors (Lipinski definition) is 5. The first-order valence-corrected chi connectivity index (χ1v) is 7.46. The highest BCUT2D eigenvalue weighted by Crippen LogP contribution is 2.25. The van der Waals surface area contributed by atoms with Crippen LogP contribution in [-0.4, -0.2) is 19.1 Å². The Hall–Kier alpha value is -2.21. The Balaban J connectivity index is 1.93. The van der Waals surface area contributed by atoms with Crippen molar-refractivity contribution in [1.29, 1.82) is 0 Å². The molecule has 3 aromatic rings. The number of anilines is 1. The summed E-state index contributed by atoms with van der Waals surface area (Å²) in [6.45, 7) is 6.29. The minimum atomic E-state index is -0.0569. The SMILES string of the molecule is CC(C)(C)c1nsc(-n2cc(-c3cccc(N)c3)cn2)n1. The zero-order valence-corrected chi connectivity index (χ0v) is 13.1. The Morgan fingerprint density at radius 2 is 2.00 bits per heavy atom. The van der Waals surface area contributed by atoms with E-state index in [2.05, 4.69) is 35.2 Å². The van der Waals surface area contributed by atoms with E-state index in [-0.39, 0.29) is 5.41 Å². The van der Waals surface area contributed by atoms with Crippen molar-refractivity contribution in [3.05, 3.63) is 42.5 Å². The summed E-state index contributed by atoms with van der Waals surface area (Å²) < 4.78 is 6.17. The van der Waals surface area contributed by atoms with Crippen LogP contribution < -0.4 is 5.73 Å². The van der Waals surface area contributed by atoms with Crippen molar-refractivity contribution in [3.8, 4) is 16.3 Å². The first-order valence-electron chi connectivity index (χ1n) is 6.68. The number of nitrogens with zero attached hydrogens (tertiary/aromatic N) is 4. The van der Waals surface area contributed by atoms with E-state index >= 15 is 0 Å². The van der Waals surface area contributed by atoms with Crippen molar-refractivity contribution in [1.82, 2.24) is 19.1 Å². The van der Waals surface area contributed by atoms with Crippen molar-refractivity contribution in [3.63, 3.8) is 0 Å². The summed E-state index contributed by atoms with van der Waals surface area (Å²) in [6.07, 6.45) is 3.76. The zero-order chi connectivity index (χ0) is 15.0. The third-order valence-corrected chi connectivity index (χ3v) is 3.79. The molecule has 0 atom stereocenters. The van der Waals surface area contributed by atoms with Gasteiger partial charge in [0.15, 0.2) is 0 Å². The molecular formula is C15H17N5S. The summed E-state index contributed by atoms with van der Waals surface area (Å²) in [5, 5.41) is 5.14. The highest BCUT2D eigenvalue weighted by atomic mass is 32.1. The molecule has 0 saturated carbocycles. The van der Waals surface area contributed by atoms with E-state index < -0.39 is 0 Å². The first-order chi connectivity index (χ1) is 9.93. The van der Waals surface area contributed by atoms with Gasteiger partial charge < -0.3 is 5.73 Å². The summed E-state index contributed by atoms with van der Waals surface area (Å²) in [7, 11) is 0. The van der Waals surface area contributed by atoms with Gasteiger partial charge in [-0.15, -0.1) is 0 Å². The van der Waals surface area contributed by atoms with Crippen molar-refractivity contribution in [2.45, 2.75) is 26.2 Å². The third-order valence-electron chi connectivity index (χ3n) is 3.08. The molecule has 0 saturated heterocycles. The lowest BCUT2D eigenvalue weighted by Gasteiger charge is -2.11. The standard InChI is InChI=1S/C15H17N5S/c1-15(2,3)13-18-14(21-19-13)20-9-11(8-17-20)10-5-4-6-12(16)7-10/h4-9H,16H2,1-3H3. The molecule has 0 aliphatic heterocycles. The maximum Gasteiger partial charge on any atom is 0.230 e. The van der Waals surface area contributed by atoms with Gasteiger partial charge in [0.25, 0.3) is 0 Å². The lowest BCUT2D eigenvalue weighted by molar-refractivity contribution is 0.553. The Morgan fingerprint density at radius 3 is 2.67 bits per heavy atom. The monoisotopic (exact) mass is 299 g/mol. The predicted molar refractivity (Wildman–Crippen MR) is 85.6 cm³/mol. The van der Waals surface area contributed by atoms with Gasteiger partial charge in [-0.1, -0.05) is 32.9 Å². The van der Waals surface area contributed by atoms with Gasteiger partial charge in [0.1, 0.15) is 5.82 Å². The molecule has 1 aromatic carbocycles. The molecule has 0 unspecified atom stereocenters. The summed E-state index contributed by atoms with van der Waals surface area (Å²) in [4.78, 5) is 4.56. The van der Waals surface area contributed by atoms with Crippen molar-refractivity contribution in [2.75, 3.05) is 5.73 Å². The van der Waals surface area contributed by atoms with Crippen molar-refractivity contribution in [2.24, 2.45) is 0 Å². The second kappa shape index (κ2) is 4.96. The van der Waals surface area contributed by atoms with E-state index in [0.717, 1.165) is 27.8 Å². The normalized spacial score (nSPS) is 11.8. The molecule has 0 amide bonds. The van der Waals surface area contributed by atoms with Crippen LogP contribution in [0.15, 0.2) is 36.7 Å². The van der Waals surface area contributed by atoms with Gasteiger partial charge in [0.05, 0.1) is 6.20 Å². The maximum absolute atomic E-state index is 5.82. The number of benzene rings is 1. The Bertz CT molecular complexity index is 766. The van der Waals surface area contributed by atoms with E-state index in [0.29, 0.717) is 0 Å². The molecule has 0 aliphatic carbocycles. The molecule has 2 aromatic heterocycles. The maximum atomic E-state index is 5.82.